The van der Waals surface area contributed by atoms with Crippen LogP contribution in [0.5, 0.6) is 0 Å². The number of anilines is 1. The first-order chi connectivity index (χ1) is 9.89. The number of amides is 1. The number of nitrogens with zero attached hydrogens (tertiary/aromatic N) is 2. The molecule has 1 aromatic rings. The van der Waals surface area contributed by atoms with E-state index in [2.05, 4.69) is 5.43 Å². The van der Waals surface area contributed by atoms with Crippen LogP contribution < -0.4 is 11.3 Å². The maximum atomic E-state index is 12.3. The predicted octanol–water partition coefficient (Wildman–Crippen LogP) is 1.29. The summed E-state index contributed by atoms with van der Waals surface area (Å²) in [6, 6.07) is 6.62. The summed E-state index contributed by atoms with van der Waals surface area (Å²) in [5, 5.41) is 0. The van der Waals surface area contributed by atoms with Crippen molar-refractivity contribution in [1.29, 1.82) is 0 Å². The van der Waals surface area contributed by atoms with Gasteiger partial charge in [-0.3, -0.25) is 15.5 Å². The van der Waals surface area contributed by atoms with Crippen LogP contribution in [-0.2, 0) is 0 Å². The third-order valence-electron chi connectivity index (χ3n) is 3.36. The Balaban J connectivity index is 1.90. The van der Waals surface area contributed by atoms with Gasteiger partial charge in [0.05, 0.1) is 6.54 Å². The van der Waals surface area contributed by atoms with Crippen molar-refractivity contribution in [1.82, 2.24) is 9.80 Å². The SMILES string of the molecule is NNc1ccc(C(=O)N2CCN(CC(F)(F)F)CC2)cc1. The summed E-state index contributed by atoms with van der Waals surface area (Å²) < 4.78 is 36.9. The Hall–Kier alpha value is -1.80. The summed E-state index contributed by atoms with van der Waals surface area (Å²) in [5.41, 5.74) is 3.64. The lowest BCUT2D eigenvalue weighted by atomic mass is 10.1. The van der Waals surface area contributed by atoms with E-state index in [9.17, 15) is 18.0 Å². The van der Waals surface area contributed by atoms with Crippen molar-refractivity contribution < 1.29 is 18.0 Å². The molecule has 0 radical (unpaired) electrons. The molecule has 0 aromatic heterocycles. The van der Waals surface area contributed by atoms with Gasteiger partial charge >= 0.3 is 6.18 Å². The lowest BCUT2D eigenvalue weighted by Gasteiger charge is -2.35. The Labute approximate surface area is 120 Å². The van der Waals surface area contributed by atoms with Crippen molar-refractivity contribution in [2.75, 3.05) is 38.1 Å². The molecule has 3 N–H and O–H groups in total. The third kappa shape index (κ3) is 4.33. The summed E-state index contributed by atoms with van der Waals surface area (Å²) in [4.78, 5) is 15.1. The molecule has 8 heteroatoms. The largest absolute Gasteiger partial charge is 0.401 e. The summed E-state index contributed by atoms with van der Waals surface area (Å²) >= 11 is 0. The fourth-order valence-electron chi connectivity index (χ4n) is 2.25. The number of carbonyl (C=O) groups is 1. The summed E-state index contributed by atoms with van der Waals surface area (Å²) in [7, 11) is 0. The van der Waals surface area contributed by atoms with Gasteiger partial charge in [-0.15, -0.1) is 0 Å². The zero-order valence-electron chi connectivity index (χ0n) is 11.4. The van der Waals surface area contributed by atoms with Gasteiger partial charge in [-0.1, -0.05) is 0 Å². The standard InChI is InChI=1S/C13H17F3N4O/c14-13(15,16)9-19-5-7-20(8-6-19)12(21)10-1-3-11(18-17)4-2-10/h1-4,18H,5-9,17H2. The predicted molar refractivity (Wildman–Crippen MR) is 72.7 cm³/mol. The van der Waals surface area contributed by atoms with Gasteiger partial charge in [0, 0.05) is 37.4 Å². The van der Waals surface area contributed by atoms with Gasteiger partial charge in [-0.05, 0) is 24.3 Å². The number of nitrogens with two attached hydrogens (primary N) is 1. The molecule has 1 amide bonds. The van der Waals surface area contributed by atoms with Crippen molar-refractivity contribution in [3.8, 4) is 0 Å². The van der Waals surface area contributed by atoms with Crippen LogP contribution in [0, 0.1) is 0 Å². The molecular weight excluding hydrogens is 285 g/mol. The van der Waals surface area contributed by atoms with Crippen molar-refractivity contribution >= 4 is 11.6 Å². The van der Waals surface area contributed by atoms with Crippen LogP contribution in [0.3, 0.4) is 0 Å². The molecule has 5 nitrogen and oxygen atoms in total. The number of halogens is 3. The summed E-state index contributed by atoms with van der Waals surface area (Å²) in [5.74, 6) is 5.07. The average molecular weight is 302 g/mol. The van der Waals surface area contributed by atoms with Crippen molar-refractivity contribution in [2.24, 2.45) is 5.84 Å². The molecule has 1 saturated heterocycles. The van der Waals surface area contributed by atoms with E-state index in [0.717, 1.165) is 0 Å². The van der Waals surface area contributed by atoms with Crippen LogP contribution >= 0.6 is 0 Å². The van der Waals surface area contributed by atoms with Gasteiger partial charge in [0.25, 0.3) is 5.91 Å². The van der Waals surface area contributed by atoms with E-state index in [1.807, 2.05) is 0 Å². The van der Waals surface area contributed by atoms with E-state index in [1.54, 1.807) is 29.2 Å². The Morgan fingerprint density at radius 1 is 1.14 bits per heavy atom. The number of hydrogen-bond donors (Lipinski definition) is 2. The summed E-state index contributed by atoms with van der Waals surface area (Å²) in [6.07, 6.45) is -4.20. The number of nitrogen functional groups attached to an aromatic ring is 1. The Bertz CT molecular complexity index is 481. The van der Waals surface area contributed by atoms with Crippen LogP contribution in [0.25, 0.3) is 0 Å². The molecule has 21 heavy (non-hydrogen) atoms. The molecular formula is C13H17F3N4O. The highest BCUT2D eigenvalue weighted by Crippen LogP contribution is 2.18. The fourth-order valence-corrected chi connectivity index (χ4v) is 2.25. The third-order valence-corrected chi connectivity index (χ3v) is 3.36. The van der Waals surface area contributed by atoms with Gasteiger partial charge in [-0.2, -0.15) is 13.2 Å². The first-order valence-corrected chi connectivity index (χ1v) is 6.54. The highest BCUT2D eigenvalue weighted by atomic mass is 19.4. The smallest absolute Gasteiger partial charge is 0.336 e. The van der Waals surface area contributed by atoms with E-state index in [1.165, 1.54) is 4.90 Å². The molecule has 0 saturated carbocycles. The lowest BCUT2D eigenvalue weighted by molar-refractivity contribution is -0.148. The second kappa shape index (κ2) is 6.31. The van der Waals surface area contributed by atoms with Crippen LogP contribution in [0.1, 0.15) is 10.4 Å². The van der Waals surface area contributed by atoms with E-state index in [4.69, 9.17) is 5.84 Å². The van der Waals surface area contributed by atoms with Crippen LogP contribution in [0.4, 0.5) is 18.9 Å². The second-order valence-corrected chi connectivity index (χ2v) is 4.91. The number of piperazine rings is 1. The van der Waals surface area contributed by atoms with E-state index in [0.29, 0.717) is 24.3 Å². The van der Waals surface area contributed by atoms with Gasteiger partial charge < -0.3 is 10.3 Å². The Kier molecular flexibility index (Phi) is 4.69. The van der Waals surface area contributed by atoms with Crippen LogP contribution in [-0.4, -0.2) is 54.6 Å². The monoisotopic (exact) mass is 302 g/mol. The van der Waals surface area contributed by atoms with E-state index >= 15 is 0 Å². The number of alkyl halides is 3. The fraction of sp³-hybridized carbons (Fsp3) is 0.462. The molecule has 1 fully saturated rings. The molecule has 0 bridgehead atoms. The van der Waals surface area contributed by atoms with Gasteiger partial charge in [-0.25, -0.2) is 0 Å². The highest BCUT2D eigenvalue weighted by molar-refractivity contribution is 5.94. The number of hydrazine groups is 1. The van der Waals surface area contributed by atoms with Crippen LogP contribution in [0.15, 0.2) is 24.3 Å². The number of rotatable bonds is 3. The van der Waals surface area contributed by atoms with Gasteiger partial charge in [0.2, 0.25) is 0 Å². The number of carbonyl (C=O) groups excluding carboxylic acids is 1. The summed E-state index contributed by atoms with van der Waals surface area (Å²) in [6.45, 7) is 0.130. The Morgan fingerprint density at radius 2 is 1.71 bits per heavy atom. The number of nitrogens with one attached hydrogen (secondary N) is 1. The quantitative estimate of drug-likeness (QED) is 0.652. The van der Waals surface area contributed by atoms with Crippen molar-refractivity contribution in [2.45, 2.75) is 6.18 Å². The number of benzene rings is 1. The topological polar surface area (TPSA) is 61.6 Å². The molecule has 1 aromatic carbocycles. The first kappa shape index (κ1) is 15.6. The Morgan fingerprint density at radius 3 is 2.19 bits per heavy atom. The molecule has 1 heterocycles. The molecule has 0 spiro atoms. The van der Waals surface area contributed by atoms with Gasteiger partial charge in [0.1, 0.15) is 0 Å². The molecule has 0 aliphatic carbocycles. The van der Waals surface area contributed by atoms with Crippen LogP contribution in [0.2, 0.25) is 0 Å². The minimum absolute atomic E-state index is 0.176. The highest BCUT2D eigenvalue weighted by Gasteiger charge is 2.32. The number of hydrogen-bond acceptors (Lipinski definition) is 4. The van der Waals surface area contributed by atoms with Crippen molar-refractivity contribution in [3.05, 3.63) is 29.8 Å². The molecule has 1 aliphatic rings. The minimum atomic E-state index is -4.20. The average Bonchev–Trinajstić information content (AvgIpc) is 2.46. The lowest BCUT2D eigenvalue weighted by Crippen LogP contribution is -2.50. The molecule has 0 unspecified atom stereocenters. The zero-order chi connectivity index (χ0) is 15.5. The molecule has 0 atom stereocenters. The zero-order valence-corrected chi connectivity index (χ0v) is 11.4. The van der Waals surface area contributed by atoms with Crippen molar-refractivity contribution in [3.63, 3.8) is 0 Å². The molecule has 116 valence electrons. The maximum Gasteiger partial charge on any atom is 0.401 e. The minimum Gasteiger partial charge on any atom is -0.336 e. The first-order valence-electron chi connectivity index (χ1n) is 6.54. The normalized spacial score (nSPS) is 16.9. The maximum absolute atomic E-state index is 12.3. The second-order valence-electron chi connectivity index (χ2n) is 4.91. The molecule has 1 aliphatic heterocycles. The van der Waals surface area contributed by atoms with E-state index in [-0.39, 0.29) is 19.0 Å². The van der Waals surface area contributed by atoms with Gasteiger partial charge in [0.15, 0.2) is 0 Å². The van der Waals surface area contributed by atoms with E-state index < -0.39 is 12.7 Å². The molecule has 2 rings (SSSR count).